The Morgan fingerprint density at radius 1 is 0.593 bits per heavy atom. The van der Waals surface area contributed by atoms with Crippen LogP contribution in [0.4, 0.5) is 8.78 Å². The summed E-state index contributed by atoms with van der Waals surface area (Å²) in [6.07, 6.45) is 4.56. The van der Waals surface area contributed by atoms with Gasteiger partial charge in [-0.05, 0) is 62.5 Å². The van der Waals surface area contributed by atoms with E-state index in [1.807, 2.05) is 23.9 Å². The molecule has 0 amide bonds. The van der Waals surface area contributed by atoms with Crippen LogP contribution in [0.3, 0.4) is 0 Å². The maximum Gasteiger partial charge on any atom is 0.100 e. The summed E-state index contributed by atoms with van der Waals surface area (Å²) in [5.74, 6) is 0. The van der Waals surface area contributed by atoms with E-state index in [4.69, 9.17) is 0 Å². The molecule has 27 heavy (non-hydrogen) atoms. The van der Waals surface area contributed by atoms with Gasteiger partial charge in [0.15, 0.2) is 0 Å². The molecule has 3 heteroatoms. The SMILES string of the molecule is FC1CCC(SC2(c3ccccc3)CCC(F)CC2)(c2ccccc2)CC1. The molecule has 0 atom stereocenters. The van der Waals surface area contributed by atoms with Crippen LogP contribution in [0.25, 0.3) is 0 Å². The van der Waals surface area contributed by atoms with E-state index in [0.717, 1.165) is 25.7 Å². The second-order valence-electron chi connectivity index (χ2n) is 8.17. The summed E-state index contributed by atoms with van der Waals surface area (Å²) in [6, 6.07) is 21.2. The molecular weight excluding hydrogens is 358 g/mol. The van der Waals surface area contributed by atoms with Gasteiger partial charge in [0.1, 0.15) is 12.3 Å². The van der Waals surface area contributed by atoms with Crippen molar-refractivity contribution in [3.05, 3.63) is 71.8 Å². The van der Waals surface area contributed by atoms with Crippen molar-refractivity contribution in [2.75, 3.05) is 0 Å². The lowest BCUT2D eigenvalue weighted by molar-refractivity contribution is 0.211. The van der Waals surface area contributed by atoms with Crippen LogP contribution < -0.4 is 0 Å². The molecule has 2 aliphatic carbocycles. The van der Waals surface area contributed by atoms with Crippen LogP contribution in [-0.4, -0.2) is 12.3 Å². The number of halogens is 2. The van der Waals surface area contributed by atoms with Crippen molar-refractivity contribution in [3.8, 4) is 0 Å². The first kappa shape index (κ1) is 19.0. The third kappa shape index (κ3) is 3.94. The van der Waals surface area contributed by atoms with Crippen LogP contribution in [-0.2, 0) is 9.49 Å². The molecule has 2 aromatic carbocycles. The first-order valence-corrected chi connectivity index (χ1v) is 11.0. The molecule has 144 valence electrons. The highest BCUT2D eigenvalue weighted by Gasteiger charge is 2.47. The quantitative estimate of drug-likeness (QED) is 0.530. The minimum absolute atomic E-state index is 0.0805. The lowest BCUT2D eigenvalue weighted by Crippen LogP contribution is -2.38. The van der Waals surface area contributed by atoms with Crippen LogP contribution in [0.2, 0.25) is 0 Å². The third-order valence-electron chi connectivity index (χ3n) is 6.44. The van der Waals surface area contributed by atoms with Gasteiger partial charge in [-0.3, -0.25) is 0 Å². The number of thioether (sulfide) groups is 1. The van der Waals surface area contributed by atoms with Crippen molar-refractivity contribution in [2.45, 2.75) is 73.2 Å². The smallest absolute Gasteiger partial charge is 0.100 e. The normalized spacial score (nSPS) is 34.3. The zero-order valence-electron chi connectivity index (χ0n) is 15.7. The Morgan fingerprint density at radius 2 is 0.926 bits per heavy atom. The standard InChI is InChI=1S/C24H28F2S/c25-21-11-15-23(16-12-21,19-7-3-1-4-8-19)27-24(17-13-22(26)14-18-24)20-9-5-2-6-10-20/h1-10,21-22H,11-18H2. The van der Waals surface area contributed by atoms with E-state index in [2.05, 4.69) is 48.5 Å². The Labute approximate surface area is 165 Å². The Bertz CT molecular complexity index is 651. The fourth-order valence-corrected chi connectivity index (χ4v) is 6.99. The maximum absolute atomic E-state index is 14.0. The van der Waals surface area contributed by atoms with E-state index in [-0.39, 0.29) is 9.49 Å². The second-order valence-corrected chi connectivity index (χ2v) is 9.94. The number of hydrogen-bond donors (Lipinski definition) is 0. The summed E-state index contributed by atoms with van der Waals surface area (Å²) in [4.78, 5) is 0. The number of benzene rings is 2. The number of rotatable bonds is 4. The van der Waals surface area contributed by atoms with E-state index in [1.165, 1.54) is 11.1 Å². The summed E-state index contributed by atoms with van der Waals surface area (Å²) < 4.78 is 27.9. The highest BCUT2D eigenvalue weighted by atomic mass is 32.2. The van der Waals surface area contributed by atoms with E-state index in [1.54, 1.807) is 0 Å². The predicted molar refractivity (Wildman–Crippen MR) is 111 cm³/mol. The first-order chi connectivity index (χ1) is 13.1. The molecule has 2 aromatic rings. The molecule has 0 unspecified atom stereocenters. The molecule has 0 heterocycles. The molecule has 0 saturated heterocycles. The molecule has 0 aliphatic heterocycles. The zero-order chi connectivity index (χ0) is 18.7. The molecule has 0 radical (unpaired) electrons. The minimum Gasteiger partial charge on any atom is -0.247 e. The molecule has 0 nitrogen and oxygen atoms in total. The summed E-state index contributed by atoms with van der Waals surface area (Å²) in [6.45, 7) is 0. The van der Waals surface area contributed by atoms with E-state index in [0.29, 0.717) is 25.7 Å². The van der Waals surface area contributed by atoms with Crippen molar-refractivity contribution in [1.29, 1.82) is 0 Å². The van der Waals surface area contributed by atoms with Gasteiger partial charge >= 0.3 is 0 Å². The highest BCUT2D eigenvalue weighted by molar-refractivity contribution is 8.01. The fraction of sp³-hybridized carbons (Fsp3) is 0.500. The molecule has 0 aromatic heterocycles. The lowest BCUT2D eigenvalue weighted by Gasteiger charge is -2.48. The Morgan fingerprint density at radius 3 is 1.26 bits per heavy atom. The van der Waals surface area contributed by atoms with E-state index < -0.39 is 12.3 Å². The summed E-state index contributed by atoms with van der Waals surface area (Å²) >= 11 is 2.01. The Balaban J connectivity index is 1.73. The predicted octanol–water partition coefficient (Wildman–Crippen LogP) is 7.33. The van der Waals surface area contributed by atoms with Crippen LogP contribution in [0.15, 0.2) is 60.7 Å². The van der Waals surface area contributed by atoms with Gasteiger partial charge < -0.3 is 0 Å². The van der Waals surface area contributed by atoms with Gasteiger partial charge in [0.05, 0.1) is 0 Å². The van der Waals surface area contributed by atoms with Crippen molar-refractivity contribution in [1.82, 2.24) is 0 Å². The van der Waals surface area contributed by atoms with Gasteiger partial charge in [-0.1, -0.05) is 60.7 Å². The fourth-order valence-electron chi connectivity index (χ4n) is 4.85. The van der Waals surface area contributed by atoms with Gasteiger partial charge in [0.25, 0.3) is 0 Å². The van der Waals surface area contributed by atoms with Gasteiger partial charge in [-0.25, -0.2) is 8.78 Å². The molecule has 2 aliphatic rings. The van der Waals surface area contributed by atoms with Crippen molar-refractivity contribution in [3.63, 3.8) is 0 Å². The highest BCUT2D eigenvalue weighted by Crippen LogP contribution is 2.60. The van der Waals surface area contributed by atoms with Crippen molar-refractivity contribution < 1.29 is 8.78 Å². The molecule has 0 N–H and O–H groups in total. The van der Waals surface area contributed by atoms with Gasteiger partial charge in [-0.2, -0.15) is 0 Å². The summed E-state index contributed by atoms with van der Waals surface area (Å²) in [5, 5.41) is 0. The maximum atomic E-state index is 14.0. The van der Waals surface area contributed by atoms with Gasteiger partial charge in [-0.15, -0.1) is 11.8 Å². The molecule has 0 bridgehead atoms. The summed E-state index contributed by atoms with van der Waals surface area (Å²) in [7, 11) is 0. The topological polar surface area (TPSA) is 0 Å². The average molecular weight is 387 g/mol. The molecule has 4 rings (SSSR count). The summed E-state index contributed by atoms with van der Waals surface area (Å²) in [5.41, 5.74) is 2.61. The monoisotopic (exact) mass is 386 g/mol. The van der Waals surface area contributed by atoms with Gasteiger partial charge in [0.2, 0.25) is 0 Å². The van der Waals surface area contributed by atoms with E-state index in [9.17, 15) is 8.78 Å². The number of alkyl halides is 2. The minimum atomic E-state index is -0.684. The second kappa shape index (κ2) is 7.95. The number of hydrogen-bond acceptors (Lipinski definition) is 1. The Hall–Kier alpha value is -1.35. The van der Waals surface area contributed by atoms with Crippen LogP contribution in [0, 0.1) is 0 Å². The zero-order valence-corrected chi connectivity index (χ0v) is 16.6. The van der Waals surface area contributed by atoms with Crippen molar-refractivity contribution >= 4 is 11.8 Å². The average Bonchev–Trinajstić information content (AvgIpc) is 2.73. The van der Waals surface area contributed by atoms with Crippen molar-refractivity contribution in [2.24, 2.45) is 0 Å². The largest absolute Gasteiger partial charge is 0.247 e. The van der Waals surface area contributed by atoms with E-state index >= 15 is 0 Å². The first-order valence-electron chi connectivity index (χ1n) is 10.2. The van der Waals surface area contributed by atoms with Crippen LogP contribution >= 0.6 is 11.8 Å². The lowest BCUT2D eigenvalue weighted by atomic mass is 9.81. The van der Waals surface area contributed by atoms with Crippen LogP contribution in [0.1, 0.15) is 62.5 Å². The molecule has 2 saturated carbocycles. The van der Waals surface area contributed by atoms with Crippen LogP contribution in [0.5, 0.6) is 0 Å². The molecule has 0 spiro atoms. The Kier molecular flexibility index (Phi) is 5.59. The third-order valence-corrected chi connectivity index (χ3v) is 8.51. The van der Waals surface area contributed by atoms with Gasteiger partial charge in [0, 0.05) is 9.49 Å². The molecular formula is C24H28F2S. The molecule has 2 fully saturated rings.